The molecule has 0 aromatic carbocycles. The number of rotatable bonds is 5. The molecule has 1 amide bonds. The van der Waals surface area contributed by atoms with Gasteiger partial charge in [-0.25, -0.2) is 0 Å². The van der Waals surface area contributed by atoms with E-state index in [1.165, 1.54) is 0 Å². The molecule has 1 aliphatic carbocycles. The Kier molecular flexibility index (Phi) is 5.49. The largest absolute Gasteiger partial charge is 0.353 e. The molecule has 2 aliphatic rings. The Labute approximate surface area is 150 Å². The number of hydrogen-bond acceptors (Lipinski definition) is 4. The van der Waals surface area contributed by atoms with Gasteiger partial charge < -0.3 is 14.8 Å². The van der Waals surface area contributed by atoms with Gasteiger partial charge in [-0.1, -0.05) is 13.8 Å². The van der Waals surface area contributed by atoms with E-state index in [9.17, 15) is 4.79 Å². The van der Waals surface area contributed by atoms with E-state index in [2.05, 4.69) is 29.4 Å². The summed E-state index contributed by atoms with van der Waals surface area (Å²) in [4.78, 5) is 12.3. The maximum atomic E-state index is 12.3. The van der Waals surface area contributed by atoms with Gasteiger partial charge in [0, 0.05) is 31.5 Å². The van der Waals surface area contributed by atoms with Gasteiger partial charge in [-0.05, 0) is 44.1 Å². The summed E-state index contributed by atoms with van der Waals surface area (Å²) < 4.78 is 12.1. The highest BCUT2D eigenvalue weighted by Crippen LogP contribution is 2.39. The van der Waals surface area contributed by atoms with Crippen molar-refractivity contribution in [2.45, 2.75) is 77.6 Å². The summed E-state index contributed by atoms with van der Waals surface area (Å²) in [6.45, 7) is 9.41. The topological polar surface area (TPSA) is 76.2 Å². The Morgan fingerprint density at radius 3 is 2.76 bits per heavy atom. The molecule has 1 spiro atoms. The summed E-state index contributed by atoms with van der Waals surface area (Å²) in [7, 11) is 0. The second-order valence-electron chi connectivity index (χ2n) is 7.90. The molecule has 0 unspecified atom stereocenters. The van der Waals surface area contributed by atoms with Crippen LogP contribution in [0, 0.1) is 19.8 Å². The number of H-pyrrole nitrogens is 1. The van der Waals surface area contributed by atoms with E-state index >= 15 is 0 Å². The molecule has 140 valence electrons. The van der Waals surface area contributed by atoms with Gasteiger partial charge in [0.2, 0.25) is 5.91 Å². The molecule has 1 aromatic heterocycles. The lowest BCUT2D eigenvalue weighted by atomic mass is 9.86. The number of aryl methyl sites for hydroxylation is 2. The lowest BCUT2D eigenvalue weighted by Gasteiger charge is -2.34. The van der Waals surface area contributed by atoms with Crippen molar-refractivity contribution in [3.05, 3.63) is 17.0 Å². The van der Waals surface area contributed by atoms with Gasteiger partial charge in [-0.2, -0.15) is 5.10 Å². The van der Waals surface area contributed by atoms with Gasteiger partial charge in [-0.15, -0.1) is 0 Å². The third-order valence-corrected chi connectivity index (χ3v) is 5.65. The molecule has 3 rings (SSSR count). The molecule has 6 nitrogen and oxygen atoms in total. The molecule has 6 heteroatoms. The summed E-state index contributed by atoms with van der Waals surface area (Å²) in [5.74, 6) is 0.563. The highest BCUT2D eigenvalue weighted by atomic mass is 16.7. The van der Waals surface area contributed by atoms with Crippen LogP contribution >= 0.6 is 0 Å². The van der Waals surface area contributed by atoms with Crippen LogP contribution in [0.1, 0.15) is 68.8 Å². The standard InChI is InChI=1S/C19H31N3O3/c1-12-5-7-19(8-6-12)24-11-16(25-19)10-20-17(23)9-13(2)18-14(3)21-22-15(18)4/h12-13,16H,5-11H2,1-4H3,(H,20,23)(H,21,22)/t12?,13-,16-,19?/m1/s1. The quantitative estimate of drug-likeness (QED) is 0.857. The zero-order valence-corrected chi connectivity index (χ0v) is 15.9. The monoisotopic (exact) mass is 349 g/mol. The Hall–Kier alpha value is -1.40. The van der Waals surface area contributed by atoms with Crippen molar-refractivity contribution in [3.63, 3.8) is 0 Å². The van der Waals surface area contributed by atoms with E-state index < -0.39 is 0 Å². The van der Waals surface area contributed by atoms with Crippen molar-refractivity contribution < 1.29 is 14.3 Å². The van der Waals surface area contributed by atoms with Crippen LogP contribution < -0.4 is 5.32 Å². The number of hydrogen-bond donors (Lipinski definition) is 2. The van der Waals surface area contributed by atoms with Crippen LogP contribution in [0.15, 0.2) is 0 Å². The minimum absolute atomic E-state index is 0.0370. The van der Waals surface area contributed by atoms with E-state index in [1.54, 1.807) is 0 Å². The fourth-order valence-electron chi connectivity index (χ4n) is 4.15. The number of aromatic amines is 1. The number of aromatic nitrogens is 2. The van der Waals surface area contributed by atoms with Gasteiger partial charge in [0.1, 0.15) is 6.10 Å². The highest BCUT2D eigenvalue weighted by molar-refractivity contribution is 5.76. The molecule has 1 saturated carbocycles. The first-order valence-electron chi connectivity index (χ1n) is 9.48. The van der Waals surface area contributed by atoms with Crippen LogP contribution in [0.3, 0.4) is 0 Å². The second kappa shape index (κ2) is 7.46. The van der Waals surface area contributed by atoms with Gasteiger partial charge in [0.25, 0.3) is 0 Å². The predicted octanol–water partition coefficient (Wildman–Crippen LogP) is 2.96. The number of nitrogens with zero attached hydrogens (tertiary/aromatic N) is 1. The predicted molar refractivity (Wildman–Crippen MR) is 95.3 cm³/mol. The molecule has 2 atom stereocenters. The summed E-state index contributed by atoms with van der Waals surface area (Å²) in [5, 5.41) is 10.2. The molecule has 2 N–H and O–H groups in total. The number of carbonyl (C=O) groups excluding carboxylic acids is 1. The maximum absolute atomic E-state index is 12.3. The molecular weight excluding hydrogens is 318 g/mol. The Morgan fingerprint density at radius 2 is 2.12 bits per heavy atom. The number of nitrogens with one attached hydrogen (secondary N) is 2. The number of ether oxygens (including phenoxy) is 2. The minimum atomic E-state index is -0.389. The smallest absolute Gasteiger partial charge is 0.220 e. The Balaban J connectivity index is 1.44. The summed E-state index contributed by atoms with van der Waals surface area (Å²) >= 11 is 0. The van der Waals surface area contributed by atoms with E-state index in [1.807, 2.05) is 13.8 Å². The summed E-state index contributed by atoms with van der Waals surface area (Å²) in [6, 6.07) is 0. The van der Waals surface area contributed by atoms with E-state index in [-0.39, 0.29) is 23.7 Å². The first kappa shape index (κ1) is 18.4. The molecule has 1 saturated heterocycles. The number of carbonyl (C=O) groups is 1. The SMILES string of the molecule is Cc1n[nH]c(C)c1[C@H](C)CC(=O)NC[C@@H]1COC2(CCC(C)CC2)O1. The lowest BCUT2D eigenvalue weighted by molar-refractivity contribution is -0.191. The third-order valence-electron chi connectivity index (χ3n) is 5.65. The van der Waals surface area contributed by atoms with Gasteiger partial charge in [0.05, 0.1) is 12.3 Å². The molecule has 1 aromatic rings. The van der Waals surface area contributed by atoms with Crippen LogP contribution in [0.2, 0.25) is 0 Å². The first-order chi connectivity index (χ1) is 11.9. The average Bonchev–Trinajstić information content (AvgIpc) is 3.12. The zero-order chi connectivity index (χ0) is 18.0. The lowest BCUT2D eigenvalue weighted by Crippen LogP contribution is -2.38. The van der Waals surface area contributed by atoms with Crippen LogP contribution in [0.25, 0.3) is 0 Å². The second-order valence-corrected chi connectivity index (χ2v) is 7.90. The van der Waals surface area contributed by atoms with Crippen molar-refractivity contribution >= 4 is 5.91 Å². The average molecular weight is 349 g/mol. The van der Waals surface area contributed by atoms with E-state index in [0.717, 1.165) is 48.6 Å². The molecule has 2 heterocycles. The van der Waals surface area contributed by atoms with Crippen molar-refractivity contribution in [1.29, 1.82) is 0 Å². The van der Waals surface area contributed by atoms with Crippen molar-refractivity contribution in [3.8, 4) is 0 Å². The molecule has 0 bridgehead atoms. The van der Waals surface area contributed by atoms with Crippen LogP contribution in [0.4, 0.5) is 0 Å². The van der Waals surface area contributed by atoms with Crippen molar-refractivity contribution in [2.75, 3.05) is 13.2 Å². The first-order valence-corrected chi connectivity index (χ1v) is 9.48. The van der Waals surface area contributed by atoms with Crippen molar-refractivity contribution in [2.24, 2.45) is 5.92 Å². The van der Waals surface area contributed by atoms with Gasteiger partial charge in [-0.3, -0.25) is 9.89 Å². The van der Waals surface area contributed by atoms with Gasteiger partial charge in [0.15, 0.2) is 5.79 Å². The minimum Gasteiger partial charge on any atom is -0.353 e. The fourth-order valence-corrected chi connectivity index (χ4v) is 4.15. The van der Waals surface area contributed by atoms with Crippen molar-refractivity contribution in [1.82, 2.24) is 15.5 Å². The number of amides is 1. The van der Waals surface area contributed by atoms with Crippen LogP contribution in [0.5, 0.6) is 0 Å². The van der Waals surface area contributed by atoms with Gasteiger partial charge >= 0.3 is 0 Å². The normalized spacial score (nSPS) is 30.6. The molecule has 1 aliphatic heterocycles. The molecule has 2 fully saturated rings. The van der Waals surface area contributed by atoms with Crippen LogP contribution in [-0.2, 0) is 14.3 Å². The maximum Gasteiger partial charge on any atom is 0.220 e. The summed E-state index contributed by atoms with van der Waals surface area (Å²) in [6.07, 6.45) is 4.66. The third kappa shape index (κ3) is 4.23. The van der Waals surface area contributed by atoms with E-state index in [0.29, 0.717) is 19.6 Å². The fraction of sp³-hybridized carbons (Fsp3) is 0.789. The Morgan fingerprint density at radius 1 is 1.40 bits per heavy atom. The molecule has 25 heavy (non-hydrogen) atoms. The Bertz CT molecular complexity index is 586. The highest BCUT2D eigenvalue weighted by Gasteiger charge is 2.43. The molecule has 0 radical (unpaired) electrons. The van der Waals surface area contributed by atoms with Crippen LogP contribution in [-0.4, -0.2) is 41.1 Å². The van der Waals surface area contributed by atoms with E-state index in [4.69, 9.17) is 9.47 Å². The summed E-state index contributed by atoms with van der Waals surface area (Å²) in [5.41, 5.74) is 3.16. The zero-order valence-electron chi connectivity index (χ0n) is 15.9. The molecular formula is C19H31N3O3.